The van der Waals surface area contributed by atoms with Crippen molar-refractivity contribution < 1.29 is 14.6 Å². The molecule has 0 aromatic heterocycles. The molecule has 74 valence electrons. The van der Waals surface area contributed by atoms with Crippen molar-refractivity contribution in [3.8, 4) is 0 Å². The van der Waals surface area contributed by atoms with Gasteiger partial charge in [0.15, 0.2) is 0 Å². The van der Waals surface area contributed by atoms with Crippen LogP contribution in [0, 0.1) is 11.3 Å². The van der Waals surface area contributed by atoms with E-state index in [1.165, 1.54) is 7.11 Å². The van der Waals surface area contributed by atoms with Crippen molar-refractivity contribution in [2.75, 3.05) is 7.11 Å². The second kappa shape index (κ2) is 3.50. The Kier molecular flexibility index (Phi) is 2.76. The maximum Gasteiger partial charge on any atom is 0.312 e. The zero-order chi connectivity index (χ0) is 10.1. The van der Waals surface area contributed by atoms with Gasteiger partial charge in [0.1, 0.15) is 0 Å². The molecule has 3 atom stereocenters. The Bertz CT molecular complexity index is 234. The Hall–Kier alpha value is -0.830. The van der Waals surface area contributed by atoms with E-state index in [0.717, 1.165) is 0 Å². The van der Waals surface area contributed by atoms with Crippen LogP contribution in [0.3, 0.4) is 0 Å². The van der Waals surface area contributed by atoms with Gasteiger partial charge in [0, 0.05) is 0 Å². The molecule has 0 heterocycles. The third-order valence-corrected chi connectivity index (χ3v) is 2.91. The molecule has 1 aliphatic carbocycles. The molecule has 0 aromatic rings. The SMILES string of the molecule is COC(=O)C1(C)CC(O)C=CC1C. The molecule has 3 nitrogen and oxygen atoms in total. The normalized spacial score (nSPS) is 38.8. The van der Waals surface area contributed by atoms with Gasteiger partial charge < -0.3 is 9.84 Å². The van der Waals surface area contributed by atoms with Crippen LogP contribution in [0.25, 0.3) is 0 Å². The number of hydrogen-bond acceptors (Lipinski definition) is 3. The highest BCUT2D eigenvalue weighted by Crippen LogP contribution is 2.38. The Balaban J connectivity index is 2.89. The van der Waals surface area contributed by atoms with Crippen LogP contribution in [0.2, 0.25) is 0 Å². The molecule has 0 saturated heterocycles. The number of allylic oxidation sites excluding steroid dienone is 1. The van der Waals surface area contributed by atoms with E-state index in [-0.39, 0.29) is 11.9 Å². The summed E-state index contributed by atoms with van der Waals surface area (Å²) in [4.78, 5) is 11.5. The van der Waals surface area contributed by atoms with E-state index in [1.54, 1.807) is 6.08 Å². The highest BCUT2D eigenvalue weighted by molar-refractivity contribution is 5.77. The van der Waals surface area contributed by atoms with Crippen molar-refractivity contribution in [3.63, 3.8) is 0 Å². The molecule has 0 radical (unpaired) electrons. The lowest BCUT2D eigenvalue weighted by Crippen LogP contribution is -2.40. The average Bonchev–Trinajstić information content (AvgIpc) is 2.10. The second-order valence-electron chi connectivity index (χ2n) is 3.85. The standard InChI is InChI=1S/C10H16O3/c1-7-4-5-8(11)6-10(7,2)9(12)13-3/h4-5,7-8,11H,6H2,1-3H3. The summed E-state index contributed by atoms with van der Waals surface area (Å²) in [5.41, 5.74) is -0.580. The van der Waals surface area contributed by atoms with Crippen LogP contribution < -0.4 is 0 Å². The maximum absolute atomic E-state index is 11.5. The minimum atomic E-state index is -0.580. The highest BCUT2D eigenvalue weighted by atomic mass is 16.5. The summed E-state index contributed by atoms with van der Waals surface area (Å²) < 4.78 is 4.73. The lowest BCUT2D eigenvalue weighted by molar-refractivity contribution is -0.156. The Morgan fingerprint density at radius 2 is 2.23 bits per heavy atom. The minimum Gasteiger partial charge on any atom is -0.469 e. The zero-order valence-corrected chi connectivity index (χ0v) is 8.28. The fourth-order valence-corrected chi connectivity index (χ4v) is 1.70. The van der Waals surface area contributed by atoms with Gasteiger partial charge in [-0.2, -0.15) is 0 Å². The lowest BCUT2D eigenvalue weighted by atomic mass is 9.71. The average molecular weight is 184 g/mol. The van der Waals surface area contributed by atoms with Gasteiger partial charge in [-0.05, 0) is 19.3 Å². The van der Waals surface area contributed by atoms with Crippen molar-refractivity contribution in [2.24, 2.45) is 11.3 Å². The van der Waals surface area contributed by atoms with E-state index in [0.29, 0.717) is 6.42 Å². The summed E-state index contributed by atoms with van der Waals surface area (Å²) in [7, 11) is 1.38. The Labute approximate surface area is 78.4 Å². The van der Waals surface area contributed by atoms with Gasteiger partial charge in [-0.1, -0.05) is 19.1 Å². The number of esters is 1. The topological polar surface area (TPSA) is 46.5 Å². The summed E-state index contributed by atoms with van der Waals surface area (Å²) in [6, 6.07) is 0. The molecule has 0 aromatic carbocycles. The van der Waals surface area contributed by atoms with E-state index < -0.39 is 11.5 Å². The lowest BCUT2D eigenvalue weighted by Gasteiger charge is -2.35. The van der Waals surface area contributed by atoms with Crippen LogP contribution in [0.5, 0.6) is 0 Å². The fraction of sp³-hybridized carbons (Fsp3) is 0.700. The van der Waals surface area contributed by atoms with Crippen LogP contribution in [-0.4, -0.2) is 24.3 Å². The number of aliphatic hydroxyl groups is 1. The van der Waals surface area contributed by atoms with E-state index in [2.05, 4.69) is 0 Å². The molecule has 1 rings (SSSR count). The van der Waals surface area contributed by atoms with Crippen molar-refractivity contribution in [2.45, 2.75) is 26.4 Å². The number of hydrogen-bond donors (Lipinski definition) is 1. The van der Waals surface area contributed by atoms with E-state index in [4.69, 9.17) is 4.74 Å². The molecular formula is C10H16O3. The third-order valence-electron chi connectivity index (χ3n) is 2.91. The summed E-state index contributed by atoms with van der Waals surface area (Å²) >= 11 is 0. The predicted molar refractivity (Wildman–Crippen MR) is 49.1 cm³/mol. The van der Waals surface area contributed by atoms with Crippen LogP contribution >= 0.6 is 0 Å². The van der Waals surface area contributed by atoms with Gasteiger partial charge in [0.25, 0.3) is 0 Å². The molecular weight excluding hydrogens is 168 g/mol. The molecule has 0 saturated carbocycles. The number of carbonyl (C=O) groups is 1. The molecule has 3 heteroatoms. The molecule has 13 heavy (non-hydrogen) atoms. The van der Waals surface area contributed by atoms with Crippen molar-refractivity contribution in [1.29, 1.82) is 0 Å². The first-order chi connectivity index (χ1) is 6.00. The Morgan fingerprint density at radius 3 is 2.77 bits per heavy atom. The third kappa shape index (κ3) is 1.75. The first-order valence-corrected chi connectivity index (χ1v) is 4.45. The van der Waals surface area contributed by atoms with E-state index in [9.17, 15) is 9.90 Å². The Morgan fingerprint density at radius 1 is 1.62 bits per heavy atom. The second-order valence-corrected chi connectivity index (χ2v) is 3.85. The van der Waals surface area contributed by atoms with Crippen LogP contribution in [0.4, 0.5) is 0 Å². The van der Waals surface area contributed by atoms with Crippen LogP contribution in [0.15, 0.2) is 12.2 Å². The minimum absolute atomic E-state index is 0.114. The summed E-state index contributed by atoms with van der Waals surface area (Å²) in [5.74, 6) is -0.133. The number of aliphatic hydroxyl groups excluding tert-OH is 1. The number of methoxy groups -OCH3 is 1. The van der Waals surface area contributed by atoms with Crippen LogP contribution in [0.1, 0.15) is 20.3 Å². The molecule has 0 bridgehead atoms. The summed E-state index contributed by atoms with van der Waals surface area (Å²) in [6.45, 7) is 3.79. The molecule has 1 N–H and O–H groups in total. The van der Waals surface area contributed by atoms with E-state index in [1.807, 2.05) is 19.9 Å². The largest absolute Gasteiger partial charge is 0.469 e. The van der Waals surface area contributed by atoms with Crippen molar-refractivity contribution in [1.82, 2.24) is 0 Å². The first kappa shape index (κ1) is 10.3. The van der Waals surface area contributed by atoms with Gasteiger partial charge in [-0.15, -0.1) is 0 Å². The number of rotatable bonds is 1. The molecule has 3 unspecified atom stereocenters. The molecule has 0 fully saturated rings. The molecule has 0 aliphatic heterocycles. The van der Waals surface area contributed by atoms with Gasteiger partial charge in [-0.25, -0.2) is 0 Å². The quantitative estimate of drug-likeness (QED) is 0.490. The number of ether oxygens (including phenoxy) is 1. The van der Waals surface area contributed by atoms with Gasteiger partial charge in [0.2, 0.25) is 0 Å². The maximum atomic E-state index is 11.5. The first-order valence-electron chi connectivity index (χ1n) is 4.45. The van der Waals surface area contributed by atoms with Crippen molar-refractivity contribution in [3.05, 3.63) is 12.2 Å². The molecule has 0 spiro atoms. The monoisotopic (exact) mass is 184 g/mol. The summed E-state index contributed by atoms with van der Waals surface area (Å²) in [5, 5.41) is 9.41. The predicted octanol–water partition coefficient (Wildman–Crippen LogP) is 1.12. The fourth-order valence-electron chi connectivity index (χ4n) is 1.70. The van der Waals surface area contributed by atoms with E-state index >= 15 is 0 Å². The number of carbonyl (C=O) groups excluding carboxylic acids is 1. The molecule has 1 aliphatic rings. The van der Waals surface area contributed by atoms with Gasteiger partial charge in [-0.3, -0.25) is 4.79 Å². The molecule has 0 amide bonds. The van der Waals surface area contributed by atoms with Crippen molar-refractivity contribution >= 4 is 5.97 Å². The van der Waals surface area contributed by atoms with Gasteiger partial charge >= 0.3 is 5.97 Å². The highest BCUT2D eigenvalue weighted by Gasteiger charge is 2.42. The van der Waals surface area contributed by atoms with Gasteiger partial charge in [0.05, 0.1) is 18.6 Å². The van der Waals surface area contributed by atoms with Crippen LogP contribution in [-0.2, 0) is 9.53 Å². The zero-order valence-electron chi connectivity index (χ0n) is 8.28. The summed E-state index contributed by atoms with van der Waals surface area (Å²) in [6.07, 6.45) is 3.51. The smallest absolute Gasteiger partial charge is 0.312 e.